The Morgan fingerprint density at radius 1 is 1.24 bits per heavy atom. The van der Waals surface area contributed by atoms with Crippen molar-refractivity contribution < 1.29 is 4.79 Å². The summed E-state index contributed by atoms with van der Waals surface area (Å²) in [7, 11) is 1.69. The summed E-state index contributed by atoms with van der Waals surface area (Å²) >= 11 is 0. The third kappa shape index (κ3) is 3.97. The zero-order chi connectivity index (χ0) is 15.3. The molecule has 1 aliphatic rings. The van der Waals surface area contributed by atoms with Gasteiger partial charge in [-0.1, -0.05) is 18.2 Å². The first kappa shape index (κ1) is 15.8. The van der Waals surface area contributed by atoms with Crippen molar-refractivity contribution in [3.05, 3.63) is 29.8 Å². The molecule has 1 fully saturated rings. The number of rotatable bonds is 6. The molecule has 2 rings (SSSR count). The lowest BCUT2D eigenvalue weighted by Gasteiger charge is -2.25. The average molecular weight is 289 g/mol. The molecule has 1 aliphatic heterocycles. The molecule has 1 saturated heterocycles. The lowest BCUT2D eigenvalue weighted by molar-refractivity contribution is -0.128. The van der Waals surface area contributed by atoms with Gasteiger partial charge in [0.2, 0.25) is 5.91 Å². The Hall–Kier alpha value is -1.55. The first-order valence-corrected chi connectivity index (χ1v) is 7.80. The number of para-hydroxylation sites is 1. The molecular weight excluding hydrogens is 262 g/mol. The Balaban J connectivity index is 1.96. The predicted molar refractivity (Wildman–Crippen MR) is 87.4 cm³/mol. The minimum absolute atomic E-state index is 0.0721. The molecule has 0 radical (unpaired) electrons. The molecule has 0 spiro atoms. The van der Waals surface area contributed by atoms with Gasteiger partial charge in [-0.25, -0.2) is 0 Å². The van der Waals surface area contributed by atoms with E-state index in [9.17, 15) is 4.79 Å². The molecule has 0 saturated carbocycles. The summed E-state index contributed by atoms with van der Waals surface area (Å²) in [5.74, 6) is 0.0721. The molecule has 0 unspecified atom stereocenters. The lowest BCUT2D eigenvalue weighted by atomic mass is 9.92. The van der Waals surface area contributed by atoms with Crippen LogP contribution in [0.25, 0.3) is 0 Å². The Kier molecular flexibility index (Phi) is 5.23. The van der Waals surface area contributed by atoms with Crippen molar-refractivity contribution in [2.75, 3.05) is 31.6 Å². The number of hydrogen-bond acceptors (Lipinski definition) is 3. The van der Waals surface area contributed by atoms with Gasteiger partial charge in [-0.3, -0.25) is 4.79 Å². The van der Waals surface area contributed by atoms with Crippen LogP contribution in [-0.4, -0.2) is 32.6 Å². The standard InChI is InChI=1S/C17H27N3O/c1-17(2,16(21)18-3)13-19-12-14-8-4-5-9-15(14)20-10-6-7-11-20/h4-5,8-9,19H,6-7,10-13H2,1-3H3,(H,18,21). The molecule has 1 aromatic rings. The van der Waals surface area contributed by atoms with E-state index in [1.54, 1.807) is 7.05 Å². The smallest absolute Gasteiger partial charge is 0.226 e. The molecule has 1 amide bonds. The van der Waals surface area contributed by atoms with Crippen LogP contribution in [0, 0.1) is 5.41 Å². The van der Waals surface area contributed by atoms with Crippen LogP contribution in [0.4, 0.5) is 5.69 Å². The van der Waals surface area contributed by atoms with Gasteiger partial charge in [-0.05, 0) is 38.3 Å². The van der Waals surface area contributed by atoms with Gasteiger partial charge in [0.05, 0.1) is 5.41 Å². The highest BCUT2D eigenvalue weighted by Gasteiger charge is 2.26. The molecule has 116 valence electrons. The van der Waals surface area contributed by atoms with Crippen molar-refractivity contribution in [1.82, 2.24) is 10.6 Å². The van der Waals surface area contributed by atoms with Crippen molar-refractivity contribution in [3.8, 4) is 0 Å². The van der Waals surface area contributed by atoms with E-state index in [2.05, 4.69) is 39.8 Å². The fourth-order valence-corrected chi connectivity index (χ4v) is 2.86. The number of amides is 1. The van der Waals surface area contributed by atoms with Gasteiger partial charge in [0, 0.05) is 38.9 Å². The Labute approximate surface area is 127 Å². The van der Waals surface area contributed by atoms with E-state index in [4.69, 9.17) is 0 Å². The summed E-state index contributed by atoms with van der Waals surface area (Å²) in [4.78, 5) is 14.3. The molecule has 21 heavy (non-hydrogen) atoms. The van der Waals surface area contributed by atoms with Crippen LogP contribution < -0.4 is 15.5 Å². The second-order valence-corrected chi connectivity index (χ2v) is 6.39. The summed E-state index contributed by atoms with van der Waals surface area (Å²) in [6.07, 6.45) is 2.57. The van der Waals surface area contributed by atoms with Crippen molar-refractivity contribution in [3.63, 3.8) is 0 Å². The minimum atomic E-state index is -0.392. The normalized spacial score (nSPS) is 15.3. The zero-order valence-corrected chi connectivity index (χ0v) is 13.4. The van der Waals surface area contributed by atoms with Crippen LogP contribution in [-0.2, 0) is 11.3 Å². The van der Waals surface area contributed by atoms with E-state index < -0.39 is 5.41 Å². The Morgan fingerprint density at radius 3 is 2.57 bits per heavy atom. The summed E-state index contributed by atoms with van der Waals surface area (Å²) < 4.78 is 0. The van der Waals surface area contributed by atoms with E-state index in [0.717, 1.165) is 19.6 Å². The number of nitrogens with zero attached hydrogens (tertiary/aromatic N) is 1. The first-order valence-electron chi connectivity index (χ1n) is 7.80. The highest BCUT2D eigenvalue weighted by molar-refractivity contribution is 5.81. The van der Waals surface area contributed by atoms with Crippen LogP contribution in [0.2, 0.25) is 0 Å². The van der Waals surface area contributed by atoms with E-state index in [1.165, 1.54) is 24.1 Å². The average Bonchev–Trinajstić information content (AvgIpc) is 3.00. The first-order chi connectivity index (χ1) is 10.0. The van der Waals surface area contributed by atoms with Gasteiger partial charge in [0.25, 0.3) is 0 Å². The molecule has 1 aromatic carbocycles. The van der Waals surface area contributed by atoms with Crippen LogP contribution in [0.3, 0.4) is 0 Å². The van der Waals surface area contributed by atoms with E-state index in [0.29, 0.717) is 6.54 Å². The Morgan fingerprint density at radius 2 is 1.90 bits per heavy atom. The van der Waals surface area contributed by atoms with Gasteiger partial charge in [0.15, 0.2) is 0 Å². The largest absolute Gasteiger partial charge is 0.371 e. The van der Waals surface area contributed by atoms with Crippen molar-refractivity contribution in [2.45, 2.75) is 33.2 Å². The van der Waals surface area contributed by atoms with E-state index in [1.807, 2.05) is 13.8 Å². The topological polar surface area (TPSA) is 44.4 Å². The third-order valence-electron chi connectivity index (χ3n) is 4.16. The second-order valence-electron chi connectivity index (χ2n) is 6.39. The van der Waals surface area contributed by atoms with Crippen LogP contribution >= 0.6 is 0 Å². The molecular formula is C17H27N3O. The third-order valence-corrected chi connectivity index (χ3v) is 4.16. The number of carbonyl (C=O) groups is 1. The van der Waals surface area contributed by atoms with Crippen molar-refractivity contribution in [2.24, 2.45) is 5.41 Å². The molecule has 0 atom stereocenters. The zero-order valence-electron chi connectivity index (χ0n) is 13.4. The molecule has 0 aromatic heterocycles. The molecule has 0 bridgehead atoms. The summed E-state index contributed by atoms with van der Waals surface area (Å²) in [6, 6.07) is 8.56. The van der Waals surface area contributed by atoms with Gasteiger partial charge in [-0.2, -0.15) is 0 Å². The number of hydrogen-bond donors (Lipinski definition) is 2. The Bertz CT molecular complexity index is 479. The van der Waals surface area contributed by atoms with Crippen LogP contribution in [0.5, 0.6) is 0 Å². The quantitative estimate of drug-likeness (QED) is 0.843. The number of nitrogens with one attached hydrogen (secondary N) is 2. The minimum Gasteiger partial charge on any atom is -0.371 e. The molecule has 1 heterocycles. The summed E-state index contributed by atoms with van der Waals surface area (Å²) in [5, 5.41) is 6.16. The van der Waals surface area contributed by atoms with Gasteiger partial charge >= 0.3 is 0 Å². The van der Waals surface area contributed by atoms with Crippen LogP contribution in [0.1, 0.15) is 32.3 Å². The fraction of sp³-hybridized carbons (Fsp3) is 0.588. The number of carbonyl (C=O) groups excluding carboxylic acids is 1. The molecule has 2 N–H and O–H groups in total. The second kappa shape index (κ2) is 6.94. The molecule has 0 aliphatic carbocycles. The maximum absolute atomic E-state index is 11.8. The maximum atomic E-state index is 11.8. The van der Waals surface area contributed by atoms with Gasteiger partial charge < -0.3 is 15.5 Å². The fourth-order valence-electron chi connectivity index (χ4n) is 2.86. The monoisotopic (exact) mass is 289 g/mol. The number of benzene rings is 1. The predicted octanol–water partition coefficient (Wildman–Crippen LogP) is 2.15. The maximum Gasteiger partial charge on any atom is 0.226 e. The SMILES string of the molecule is CNC(=O)C(C)(C)CNCc1ccccc1N1CCCC1. The summed E-state index contributed by atoms with van der Waals surface area (Å²) in [5.41, 5.74) is 2.25. The molecule has 4 nitrogen and oxygen atoms in total. The van der Waals surface area contributed by atoms with Gasteiger partial charge in [0.1, 0.15) is 0 Å². The van der Waals surface area contributed by atoms with E-state index in [-0.39, 0.29) is 5.91 Å². The number of anilines is 1. The van der Waals surface area contributed by atoms with Crippen molar-refractivity contribution in [1.29, 1.82) is 0 Å². The van der Waals surface area contributed by atoms with Crippen molar-refractivity contribution >= 4 is 11.6 Å². The summed E-state index contributed by atoms with van der Waals surface area (Å²) in [6.45, 7) is 7.70. The highest BCUT2D eigenvalue weighted by atomic mass is 16.2. The lowest BCUT2D eigenvalue weighted by Crippen LogP contribution is -2.42. The van der Waals surface area contributed by atoms with Crippen LogP contribution in [0.15, 0.2) is 24.3 Å². The highest BCUT2D eigenvalue weighted by Crippen LogP contribution is 2.24. The molecule has 4 heteroatoms. The van der Waals surface area contributed by atoms with E-state index >= 15 is 0 Å². The van der Waals surface area contributed by atoms with Gasteiger partial charge in [-0.15, -0.1) is 0 Å².